The minimum Gasteiger partial charge on any atom is -0.504 e. The second-order valence-corrected chi connectivity index (χ2v) is 9.18. The van der Waals surface area contributed by atoms with E-state index >= 15 is 0 Å². The van der Waals surface area contributed by atoms with Crippen LogP contribution in [0.4, 0.5) is 0 Å². The van der Waals surface area contributed by atoms with Crippen molar-refractivity contribution in [2.45, 2.75) is 54.8 Å². The number of phenols is 1. The number of rotatable bonds is 7. The van der Waals surface area contributed by atoms with E-state index in [-0.39, 0.29) is 17.1 Å². The summed E-state index contributed by atoms with van der Waals surface area (Å²) in [5, 5.41) is 59.8. The average molecular weight is 512 g/mol. The molecule has 13 heteroatoms. The molecule has 0 amide bonds. The first-order valence-corrected chi connectivity index (χ1v) is 11.4. The Labute approximate surface area is 205 Å². The van der Waals surface area contributed by atoms with E-state index in [9.17, 15) is 35.4 Å². The Balaban J connectivity index is 1.35. The van der Waals surface area contributed by atoms with Crippen LogP contribution in [0.2, 0.25) is 0 Å². The van der Waals surface area contributed by atoms with E-state index in [1.54, 1.807) is 6.08 Å². The van der Waals surface area contributed by atoms with Gasteiger partial charge in [-0.3, -0.25) is 0 Å². The maximum atomic E-state index is 12.9. The van der Waals surface area contributed by atoms with Crippen molar-refractivity contribution in [2.24, 2.45) is 11.8 Å². The molecule has 198 valence electrons. The highest BCUT2D eigenvalue weighted by Crippen LogP contribution is 2.60. The summed E-state index contributed by atoms with van der Waals surface area (Å²) < 4.78 is 33.4. The van der Waals surface area contributed by atoms with Crippen molar-refractivity contribution in [1.29, 1.82) is 0 Å². The van der Waals surface area contributed by atoms with Crippen LogP contribution in [0.25, 0.3) is 0 Å². The molecule has 0 aromatic heterocycles. The fourth-order valence-corrected chi connectivity index (χ4v) is 5.28. The van der Waals surface area contributed by atoms with Crippen molar-refractivity contribution in [2.75, 3.05) is 20.3 Å². The number of phenolic OH excluding ortho intramolecular Hbond substituents is 1. The van der Waals surface area contributed by atoms with Crippen molar-refractivity contribution in [3.05, 3.63) is 36.1 Å². The summed E-state index contributed by atoms with van der Waals surface area (Å²) in [5.41, 5.74) is -1.03. The Morgan fingerprint density at radius 3 is 2.58 bits per heavy atom. The molecule has 3 aliphatic heterocycles. The highest BCUT2D eigenvalue weighted by atomic mass is 16.8. The number of hydrogen-bond acceptors (Lipinski definition) is 13. The van der Waals surface area contributed by atoms with Crippen LogP contribution in [-0.2, 0) is 23.7 Å². The first-order valence-electron chi connectivity index (χ1n) is 11.4. The number of fused-ring (bicyclic) bond motifs is 3. The normalized spacial score (nSPS) is 42.7. The van der Waals surface area contributed by atoms with E-state index < -0.39 is 85.8 Å². The van der Waals surface area contributed by atoms with Crippen molar-refractivity contribution >= 4 is 5.97 Å². The molecule has 2 unspecified atom stereocenters. The van der Waals surface area contributed by atoms with Gasteiger partial charge in [0.2, 0.25) is 6.29 Å². The highest BCUT2D eigenvalue weighted by Gasteiger charge is 2.77. The lowest BCUT2D eigenvalue weighted by Crippen LogP contribution is -2.60. The summed E-state index contributed by atoms with van der Waals surface area (Å²) in [6.45, 7) is -1.07. The molecule has 1 aliphatic carbocycles. The summed E-state index contributed by atoms with van der Waals surface area (Å²) in [6, 6.07) is 4.02. The Hall–Kier alpha value is -2.49. The molecule has 1 saturated carbocycles. The number of carbonyl (C=O) groups is 1. The number of methoxy groups -OCH3 is 1. The third-order valence-corrected chi connectivity index (χ3v) is 7.26. The number of epoxide rings is 1. The Kier molecular flexibility index (Phi) is 6.59. The molecule has 2 saturated heterocycles. The zero-order valence-corrected chi connectivity index (χ0v) is 19.1. The van der Waals surface area contributed by atoms with Crippen LogP contribution in [0.15, 0.2) is 30.5 Å². The second-order valence-electron chi connectivity index (χ2n) is 9.18. The molecule has 1 aromatic rings. The first kappa shape index (κ1) is 25.2. The van der Waals surface area contributed by atoms with Gasteiger partial charge in [0.05, 0.1) is 38.1 Å². The van der Waals surface area contributed by atoms with Crippen molar-refractivity contribution in [3.8, 4) is 11.5 Å². The van der Waals surface area contributed by atoms with E-state index in [1.807, 2.05) is 0 Å². The molecule has 0 bridgehead atoms. The standard InChI is InChI=1S/C23H28O13/c1-31-12-6-9(2-3-11(12)26)20(30)34-18-10-4-5-32-21(14(10)23(8-25)19(18)36-23)35-22-17(29)16(28)15(27)13(7-24)33-22/h2-6,10,13-19,21-22,24-29H,7-8H2,1H3/t10-,13-,14-,15?,16+,17?,18+,19+,21+,22+,23-/m1/s1. The minimum absolute atomic E-state index is 0.0973. The van der Waals surface area contributed by atoms with Crippen molar-refractivity contribution in [1.82, 2.24) is 0 Å². The molecule has 13 nitrogen and oxygen atoms in total. The third-order valence-electron chi connectivity index (χ3n) is 7.26. The number of carbonyl (C=O) groups excluding carboxylic acids is 1. The van der Waals surface area contributed by atoms with E-state index in [2.05, 4.69) is 0 Å². The van der Waals surface area contributed by atoms with Gasteiger partial charge in [-0.1, -0.05) is 0 Å². The maximum absolute atomic E-state index is 12.9. The number of aliphatic hydroxyl groups is 5. The molecular formula is C23H28O13. The summed E-state index contributed by atoms with van der Waals surface area (Å²) in [6.07, 6.45) is -7.19. The van der Waals surface area contributed by atoms with Gasteiger partial charge in [-0.2, -0.15) is 0 Å². The summed E-state index contributed by atoms with van der Waals surface area (Å²) in [4.78, 5) is 12.9. The summed E-state index contributed by atoms with van der Waals surface area (Å²) >= 11 is 0. The number of aliphatic hydroxyl groups excluding tert-OH is 5. The van der Waals surface area contributed by atoms with Crippen LogP contribution >= 0.6 is 0 Å². The van der Waals surface area contributed by atoms with Crippen LogP contribution in [0, 0.1) is 11.8 Å². The molecule has 0 spiro atoms. The lowest BCUT2D eigenvalue weighted by atomic mass is 9.85. The quantitative estimate of drug-likeness (QED) is 0.173. The minimum atomic E-state index is -1.66. The Morgan fingerprint density at radius 2 is 1.89 bits per heavy atom. The molecule has 6 N–H and O–H groups in total. The first-order chi connectivity index (χ1) is 17.2. The van der Waals surface area contributed by atoms with Gasteiger partial charge >= 0.3 is 5.97 Å². The van der Waals surface area contributed by atoms with Crippen LogP contribution in [0.3, 0.4) is 0 Å². The molecule has 36 heavy (non-hydrogen) atoms. The fourth-order valence-electron chi connectivity index (χ4n) is 5.28. The Morgan fingerprint density at radius 1 is 1.11 bits per heavy atom. The predicted octanol–water partition coefficient (Wildman–Crippen LogP) is -2.01. The topological polar surface area (TPSA) is 197 Å². The van der Waals surface area contributed by atoms with Gasteiger partial charge in [-0.05, 0) is 24.3 Å². The highest BCUT2D eigenvalue weighted by molar-refractivity contribution is 5.90. The number of esters is 1. The van der Waals surface area contributed by atoms with E-state index in [1.165, 1.54) is 31.6 Å². The van der Waals surface area contributed by atoms with Gasteiger partial charge in [0.15, 0.2) is 17.8 Å². The van der Waals surface area contributed by atoms with Gasteiger partial charge in [0, 0.05) is 5.92 Å². The molecule has 5 rings (SSSR count). The number of aromatic hydroxyl groups is 1. The van der Waals surface area contributed by atoms with Crippen LogP contribution in [0.5, 0.6) is 11.5 Å². The summed E-state index contributed by atoms with van der Waals surface area (Å²) in [5.74, 6) is -1.95. The van der Waals surface area contributed by atoms with Crippen LogP contribution < -0.4 is 4.74 Å². The summed E-state index contributed by atoms with van der Waals surface area (Å²) in [7, 11) is 1.35. The van der Waals surface area contributed by atoms with E-state index in [0.717, 1.165) is 0 Å². The van der Waals surface area contributed by atoms with Crippen molar-refractivity contribution in [3.63, 3.8) is 0 Å². The van der Waals surface area contributed by atoms with E-state index in [0.29, 0.717) is 0 Å². The average Bonchev–Trinajstić information content (AvgIpc) is 3.56. The van der Waals surface area contributed by atoms with E-state index in [4.69, 9.17) is 28.4 Å². The van der Waals surface area contributed by atoms with Crippen LogP contribution in [0.1, 0.15) is 10.4 Å². The Bertz CT molecular complexity index is 1010. The zero-order valence-electron chi connectivity index (χ0n) is 19.1. The second kappa shape index (κ2) is 9.43. The fraction of sp³-hybridized carbons (Fsp3) is 0.609. The molecule has 1 aromatic carbocycles. The molecule has 11 atom stereocenters. The monoisotopic (exact) mass is 512 g/mol. The van der Waals surface area contributed by atoms with Gasteiger partial charge in [-0.25, -0.2) is 4.79 Å². The van der Waals surface area contributed by atoms with Gasteiger partial charge < -0.3 is 59.1 Å². The zero-order chi connectivity index (χ0) is 25.8. The van der Waals surface area contributed by atoms with Gasteiger partial charge in [0.1, 0.15) is 42.2 Å². The molecular weight excluding hydrogens is 484 g/mol. The lowest BCUT2D eigenvalue weighted by molar-refractivity contribution is -0.344. The number of ether oxygens (including phenoxy) is 6. The maximum Gasteiger partial charge on any atom is 0.338 e. The molecule has 4 aliphatic rings. The number of hydrogen-bond donors (Lipinski definition) is 6. The van der Waals surface area contributed by atoms with Crippen LogP contribution in [-0.4, -0.2) is 112 Å². The lowest BCUT2D eigenvalue weighted by Gasteiger charge is -2.43. The smallest absolute Gasteiger partial charge is 0.338 e. The molecule has 3 heterocycles. The largest absolute Gasteiger partial charge is 0.504 e. The molecule has 0 radical (unpaired) electrons. The predicted molar refractivity (Wildman–Crippen MR) is 114 cm³/mol. The number of benzene rings is 1. The molecule has 3 fully saturated rings. The van der Waals surface area contributed by atoms with Crippen molar-refractivity contribution < 1.29 is 63.9 Å². The third kappa shape index (κ3) is 3.92. The van der Waals surface area contributed by atoms with Gasteiger partial charge in [-0.15, -0.1) is 0 Å². The van der Waals surface area contributed by atoms with Gasteiger partial charge in [0.25, 0.3) is 0 Å². The SMILES string of the molecule is COc1cc(C(=O)O[C@H]2[C@@H]3C=CO[C@@H](O[C@@H]4O[C@H](CO)C(O)[C@H](O)C4O)[C@@H]3[C@@]3(CO)O[C@@H]23)ccc1O.